The maximum Gasteiger partial charge on any atom is 0.276 e. The fraction of sp³-hybridized carbons (Fsp3) is 0.100. The average molecular weight is 190 g/mol. The molecule has 1 heterocycles. The van der Waals surface area contributed by atoms with Gasteiger partial charge in [0, 0.05) is 11.6 Å². The number of aromatic amines is 1. The minimum Gasteiger partial charge on any atom is -0.361 e. The second-order valence-corrected chi connectivity index (χ2v) is 2.88. The van der Waals surface area contributed by atoms with E-state index in [1.807, 2.05) is 18.2 Å². The number of rotatable bonds is 2. The van der Waals surface area contributed by atoms with Crippen LogP contribution in [-0.4, -0.2) is 18.0 Å². The van der Waals surface area contributed by atoms with Crippen molar-refractivity contribution in [2.24, 2.45) is 0 Å². The number of para-hydroxylation sites is 1. The summed E-state index contributed by atoms with van der Waals surface area (Å²) in [6, 6.07) is 7.43. The molecule has 4 heteroatoms. The lowest BCUT2D eigenvalue weighted by Crippen LogP contribution is -2.21. The molecule has 2 rings (SSSR count). The molecule has 0 aliphatic carbocycles. The van der Waals surface area contributed by atoms with E-state index in [4.69, 9.17) is 0 Å². The lowest BCUT2D eigenvalue weighted by molar-refractivity contribution is 0.0539. The Kier molecular flexibility index (Phi) is 2.20. The number of benzene rings is 1. The molecular formula is C10H10N2O2. The van der Waals surface area contributed by atoms with Crippen molar-refractivity contribution in [3.05, 3.63) is 36.0 Å². The zero-order valence-corrected chi connectivity index (χ0v) is 7.70. The molecule has 1 aromatic carbocycles. The molecule has 4 nitrogen and oxygen atoms in total. The number of nitrogens with one attached hydrogen (secondary N) is 2. The quantitative estimate of drug-likeness (QED) is 0.704. The molecule has 2 aromatic rings. The molecule has 0 fully saturated rings. The largest absolute Gasteiger partial charge is 0.361 e. The first kappa shape index (κ1) is 8.77. The van der Waals surface area contributed by atoms with E-state index in [9.17, 15) is 4.79 Å². The van der Waals surface area contributed by atoms with Gasteiger partial charge in [-0.25, -0.2) is 5.48 Å². The van der Waals surface area contributed by atoms with E-state index < -0.39 is 0 Å². The Morgan fingerprint density at radius 1 is 1.43 bits per heavy atom. The predicted molar refractivity (Wildman–Crippen MR) is 52.8 cm³/mol. The zero-order chi connectivity index (χ0) is 9.97. The van der Waals surface area contributed by atoms with Crippen LogP contribution in [0.25, 0.3) is 10.9 Å². The number of aromatic nitrogens is 1. The van der Waals surface area contributed by atoms with E-state index >= 15 is 0 Å². The highest BCUT2D eigenvalue weighted by Crippen LogP contribution is 2.16. The number of fused-ring (bicyclic) bond motifs is 1. The van der Waals surface area contributed by atoms with Crippen molar-refractivity contribution in [1.29, 1.82) is 0 Å². The van der Waals surface area contributed by atoms with Gasteiger partial charge in [-0.05, 0) is 12.1 Å². The molecular weight excluding hydrogens is 180 g/mol. The fourth-order valence-corrected chi connectivity index (χ4v) is 1.42. The fourth-order valence-electron chi connectivity index (χ4n) is 1.42. The lowest BCUT2D eigenvalue weighted by atomic mass is 10.1. The minimum absolute atomic E-state index is 0.249. The first-order valence-electron chi connectivity index (χ1n) is 4.22. The molecule has 0 saturated carbocycles. The summed E-state index contributed by atoms with van der Waals surface area (Å²) in [7, 11) is 1.41. The highest BCUT2D eigenvalue weighted by Gasteiger charge is 2.09. The summed E-state index contributed by atoms with van der Waals surface area (Å²) < 4.78 is 0. The Bertz CT molecular complexity index is 462. The number of hydrogen-bond donors (Lipinski definition) is 2. The van der Waals surface area contributed by atoms with Crippen LogP contribution < -0.4 is 5.48 Å². The Hall–Kier alpha value is -1.81. The van der Waals surface area contributed by atoms with Crippen molar-refractivity contribution in [2.45, 2.75) is 0 Å². The molecule has 1 aromatic heterocycles. The second-order valence-electron chi connectivity index (χ2n) is 2.88. The van der Waals surface area contributed by atoms with Crippen molar-refractivity contribution in [3.63, 3.8) is 0 Å². The summed E-state index contributed by atoms with van der Waals surface area (Å²) in [4.78, 5) is 19.1. The summed E-state index contributed by atoms with van der Waals surface area (Å²) in [6.45, 7) is 0. The number of amides is 1. The van der Waals surface area contributed by atoms with Crippen LogP contribution in [0.15, 0.2) is 30.5 Å². The predicted octanol–water partition coefficient (Wildman–Crippen LogP) is 1.46. The average Bonchev–Trinajstić information content (AvgIpc) is 2.65. The van der Waals surface area contributed by atoms with Gasteiger partial charge in [-0.3, -0.25) is 9.63 Å². The third kappa shape index (κ3) is 1.36. The van der Waals surface area contributed by atoms with Gasteiger partial charge >= 0.3 is 0 Å². The molecule has 0 saturated heterocycles. The smallest absolute Gasteiger partial charge is 0.276 e. The van der Waals surface area contributed by atoms with Gasteiger partial charge in [0.05, 0.1) is 18.2 Å². The Balaban J connectivity index is 2.50. The topological polar surface area (TPSA) is 54.1 Å². The molecule has 2 N–H and O–H groups in total. The maximum atomic E-state index is 11.5. The van der Waals surface area contributed by atoms with E-state index in [1.54, 1.807) is 12.3 Å². The Morgan fingerprint density at radius 3 is 3.07 bits per heavy atom. The SMILES string of the molecule is CONC(=O)c1cccc2cc[nH]c12. The summed E-state index contributed by atoms with van der Waals surface area (Å²) in [5, 5.41) is 1.01. The number of hydroxylamine groups is 1. The van der Waals surface area contributed by atoms with E-state index in [1.165, 1.54) is 7.11 Å². The summed E-state index contributed by atoms with van der Waals surface area (Å²) in [6.07, 6.45) is 1.80. The van der Waals surface area contributed by atoms with Crippen molar-refractivity contribution in [3.8, 4) is 0 Å². The Morgan fingerprint density at radius 2 is 2.29 bits per heavy atom. The van der Waals surface area contributed by atoms with Crippen LogP contribution >= 0.6 is 0 Å². The molecule has 72 valence electrons. The molecule has 0 aliphatic heterocycles. The third-order valence-corrected chi connectivity index (χ3v) is 2.03. The summed E-state index contributed by atoms with van der Waals surface area (Å²) >= 11 is 0. The van der Waals surface area contributed by atoms with Crippen LogP contribution in [0.2, 0.25) is 0 Å². The van der Waals surface area contributed by atoms with Crippen LogP contribution in [-0.2, 0) is 4.84 Å². The van der Waals surface area contributed by atoms with Gasteiger partial charge in [0.2, 0.25) is 0 Å². The Labute approximate surface area is 80.8 Å². The summed E-state index contributed by atoms with van der Waals surface area (Å²) in [5.74, 6) is -0.249. The second kappa shape index (κ2) is 3.51. The van der Waals surface area contributed by atoms with Crippen LogP contribution in [0.5, 0.6) is 0 Å². The molecule has 0 spiro atoms. The van der Waals surface area contributed by atoms with Crippen LogP contribution in [0.3, 0.4) is 0 Å². The van der Waals surface area contributed by atoms with Gasteiger partial charge in [0.15, 0.2) is 0 Å². The monoisotopic (exact) mass is 190 g/mol. The molecule has 14 heavy (non-hydrogen) atoms. The maximum absolute atomic E-state index is 11.5. The summed E-state index contributed by atoms with van der Waals surface area (Å²) in [5.41, 5.74) is 3.68. The number of H-pyrrole nitrogens is 1. The zero-order valence-electron chi connectivity index (χ0n) is 7.70. The van der Waals surface area contributed by atoms with Gasteiger partial charge in [-0.15, -0.1) is 0 Å². The molecule has 0 atom stereocenters. The van der Waals surface area contributed by atoms with E-state index in [0.717, 1.165) is 10.9 Å². The van der Waals surface area contributed by atoms with Crippen molar-refractivity contribution in [1.82, 2.24) is 10.5 Å². The van der Waals surface area contributed by atoms with Crippen LogP contribution in [0.4, 0.5) is 0 Å². The van der Waals surface area contributed by atoms with Crippen LogP contribution in [0, 0.1) is 0 Å². The van der Waals surface area contributed by atoms with Crippen molar-refractivity contribution in [2.75, 3.05) is 7.11 Å². The van der Waals surface area contributed by atoms with Gasteiger partial charge < -0.3 is 4.98 Å². The highest BCUT2D eigenvalue weighted by molar-refractivity contribution is 6.05. The number of carbonyl (C=O) groups is 1. The molecule has 0 unspecified atom stereocenters. The first-order chi connectivity index (χ1) is 6.83. The molecule has 0 bridgehead atoms. The lowest BCUT2D eigenvalue weighted by Gasteiger charge is -2.02. The molecule has 0 radical (unpaired) electrons. The standard InChI is InChI=1S/C10H10N2O2/c1-14-12-10(13)8-4-2-3-7-5-6-11-9(7)8/h2-6,11H,1H3,(H,12,13). The highest BCUT2D eigenvalue weighted by atomic mass is 16.6. The molecule has 0 aliphatic rings. The van der Waals surface area contributed by atoms with Gasteiger partial charge in [-0.1, -0.05) is 12.1 Å². The normalized spacial score (nSPS) is 10.4. The molecule has 1 amide bonds. The van der Waals surface area contributed by atoms with E-state index in [0.29, 0.717) is 5.56 Å². The van der Waals surface area contributed by atoms with E-state index in [2.05, 4.69) is 15.3 Å². The van der Waals surface area contributed by atoms with Gasteiger partial charge in [0.25, 0.3) is 5.91 Å². The van der Waals surface area contributed by atoms with E-state index in [-0.39, 0.29) is 5.91 Å². The van der Waals surface area contributed by atoms with Crippen molar-refractivity contribution < 1.29 is 9.63 Å². The number of hydrogen-bond acceptors (Lipinski definition) is 2. The van der Waals surface area contributed by atoms with Crippen molar-refractivity contribution >= 4 is 16.8 Å². The third-order valence-electron chi connectivity index (χ3n) is 2.03. The first-order valence-corrected chi connectivity index (χ1v) is 4.22. The van der Waals surface area contributed by atoms with Crippen LogP contribution in [0.1, 0.15) is 10.4 Å². The number of carbonyl (C=O) groups excluding carboxylic acids is 1. The van der Waals surface area contributed by atoms with Gasteiger partial charge in [0.1, 0.15) is 0 Å². The minimum atomic E-state index is -0.249. The van der Waals surface area contributed by atoms with Gasteiger partial charge in [-0.2, -0.15) is 0 Å².